The van der Waals surface area contributed by atoms with Crippen molar-refractivity contribution in [1.29, 1.82) is 0 Å². The Bertz CT molecular complexity index is 917. The van der Waals surface area contributed by atoms with Crippen LogP contribution in [-0.4, -0.2) is 47.9 Å². The molecule has 2 aromatic rings. The van der Waals surface area contributed by atoms with Crippen LogP contribution in [0.3, 0.4) is 0 Å². The van der Waals surface area contributed by atoms with Crippen LogP contribution < -0.4 is 0 Å². The number of nitrogens with zero attached hydrogens (tertiary/aromatic N) is 1. The van der Waals surface area contributed by atoms with Crippen LogP contribution in [0.5, 0.6) is 0 Å². The van der Waals surface area contributed by atoms with Gasteiger partial charge in [0.2, 0.25) is 0 Å². The number of ketones is 1. The van der Waals surface area contributed by atoms with Gasteiger partial charge in [-0.2, -0.15) is 0 Å². The molecule has 1 aromatic heterocycles. The van der Waals surface area contributed by atoms with Gasteiger partial charge in [-0.3, -0.25) is 14.5 Å². The molecule has 1 N–H and O–H groups in total. The highest BCUT2D eigenvalue weighted by atomic mass is 16.5. The van der Waals surface area contributed by atoms with Crippen LogP contribution in [0, 0.1) is 11.8 Å². The molecule has 4 aliphatic rings. The fourth-order valence-corrected chi connectivity index (χ4v) is 5.98. The molecule has 136 valence electrons. The highest BCUT2D eigenvalue weighted by molar-refractivity contribution is 6.12. The second-order valence-electron chi connectivity index (χ2n) is 8.12. The van der Waals surface area contributed by atoms with Crippen molar-refractivity contribution < 1.29 is 14.3 Å². The number of methoxy groups -OCH3 is 1. The van der Waals surface area contributed by atoms with E-state index >= 15 is 0 Å². The van der Waals surface area contributed by atoms with E-state index in [1.54, 1.807) is 0 Å². The summed E-state index contributed by atoms with van der Waals surface area (Å²) in [5.41, 5.74) is 1.66. The lowest BCUT2D eigenvalue weighted by molar-refractivity contribution is -0.161. The molecule has 4 bridgehead atoms. The minimum Gasteiger partial charge on any atom is -0.468 e. The second-order valence-corrected chi connectivity index (χ2v) is 8.12. The monoisotopic (exact) mass is 352 g/mol. The molecule has 1 saturated carbocycles. The second kappa shape index (κ2) is 5.43. The number of hydrogen-bond donors (Lipinski definition) is 1. The summed E-state index contributed by atoms with van der Waals surface area (Å²) in [6.07, 6.45) is 2.85. The number of fused-ring (bicyclic) bond motifs is 4. The van der Waals surface area contributed by atoms with Gasteiger partial charge < -0.3 is 9.72 Å². The lowest BCUT2D eigenvalue weighted by atomic mass is 9.56. The maximum Gasteiger partial charge on any atom is 0.319 e. The first-order valence-electron chi connectivity index (χ1n) is 9.57. The van der Waals surface area contributed by atoms with E-state index < -0.39 is 5.41 Å². The van der Waals surface area contributed by atoms with Gasteiger partial charge in [-0.15, -0.1) is 0 Å². The molecule has 1 aromatic carbocycles. The van der Waals surface area contributed by atoms with Crippen molar-refractivity contribution in [3.8, 4) is 0 Å². The number of aromatic nitrogens is 1. The number of Topliss-reactive ketones (excluding diaryl/α,β-unsaturated/α-hetero) is 1. The number of ether oxygens (including phenoxy) is 1. The molecule has 3 fully saturated rings. The Morgan fingerprint density at radius 2 is 2.19 bits per heavy atom. The first-order chi connectivity index (χ1) is 12.6. The molecule has 4 heterocycles. The lowest BCUT2D eigenvalue weighted by Gasteiger charge is -2.57. The Morgan fingerprint density at radius 3 is 2.92 bits per heavy atom. The Hall–Kier alpha value is -2.14. The highest BCUT2D eigenvalue weighted by Gasteiger charge is 2.62. The number of carbonyl (C=O) groups is 2. The van der Waals surface area contributed by atoms with E-state index in [0.717, 1.165) is 42.4 Å². The number of para-hydroxylation sites is 1. The number of aromatic amines is 1. The van der Waals surface area contributed by atoms with Crippen LogP contribution >= 0.6 is 0 Å². The van der Waals surface area contributed by atoms with E-state index in [9.17, 15) is 9.59 Å². The van der Waals surface area contributed by atoms with E-state index in [0.29, 0.717) is 23.9 Å². The Labute approximate surface area is 152 Å². The zero-order valence-electron chi connectivity index (χ0n) is 15.2. The molecule has 2 saturated heterocycles. The summed E-state index contributed by atoms with van der Waals surface area (Å²) in [6.45, 7) is 3.54. The van der Waals surface area contributed by atoms with Crippen molar-refractivity contribution in [3.63, 3.8) is 0 Å². The van der Waals surface area contributed by atoms with Gasteiger partial charge in [0.1, 0.15) is 5.41 Å². The predicted octanol–water partition coefficient (Wildman–Crippen LogP) is 2.90. The molecule has 0 spiro atoms. The number of rotatable bonds is 2. The highest BCUT2D eigenvalue weighted by Crippen LogP contribution is 2.55. The summed E-state index contributed by atoms with van der Waals surface area (Å²) < 4.78 is 5.33. The van der Waals surface area contributed by atoms with Gasteiger partial charge in [0.05, 0.1) is 13.7 Å². The molecular formula is C21H24N2O3. The first kappa shape index (κ1) is 16.1. The number of H-pyrrole nitrogens is 1. The number of hydrogen-bond acceptors (Lipinski definition) is 4. The van der Waals surface area contributed by atoms with E-state index in [1.165, 1.54) is 7.11 Å². The minimum absolute atomic E-state index is 0.0307. The van der Waals surface area contributed by atoms with Gasteiger partial charge in [0, 0.05) is 34.7 Å². The van der Waals surface area contributed by atoms with Crippen molar-refractivity contribution in [2.75, 3.05) is 20.2 Å². The Morgan fingerprint density at radius 1 is 1.38 bits per heavy atom. The zero-order valence-corrected chi connectivity index (χ0v) is 15.2. The van der Waals surface area contributed by atoms with E-state index in [2.05, 4.69) is 16.8 Å². The van der Waals surface area contributed by atoms with Gasteiger partial charge in [0.25, 0.3) is 0 Å². The van der Waals surface area contributed by atoms with Crippen LogP contribution in [-0.2, 0) is 14.9 Å². The quantitative estimate of drug-likeness (QED) is 0.844. The third kappa shape index (κ3) is 1.84. The maximum atomic E-state index is 13.2. The normalized spacial score (nSPS) is 35.2. The largest absolute Gasteiger partial charge is 0.468 e. The molecule has 1 unspecified atom stereocenters. The fourth-order valence-electron chi connectivity index (χ4n) is 5.98. The average Bonchev–Trinajstić information content (AvgIpc) is 3.04. The van der Waals surface area contributed by atoms with Crippen molar-refractivity contribution in [1.82, 2.24) is 9.88 Å². The molecule has 1 aliphatic carbocycles. The summed E-state index contributed by atoms with van der Waals surface area (Å²) in [6, 6.07) is 7.90. The molecule has 5 atom stereocenters. The number of benzene rings is 1. The third-order valence-electron chi connectivity index (χ3n) is 7.11. The minimum atomic E-state index is -0.760. The van der Waals surface area contributed by atoms with Crippen molar-refractivity contribution >= 4 is 22.7 Å². The van der Waals surface area contributed by atoms with E-state index in [-0.39, 0.29) is 17.8 Å². The molecule has 5 heteroatoms. The van der Waals surface area contributed by atoms with Gasteiger partial charge >= 0.3 is 5.97 Å². The predicted molar refractivity (Wildman–Crippen MR) is 98.2 cm³/mol. The summed E-state index contributed by atoms with van der Waals surface area (Å²) in [5, 5.41) is 0.924. The van der Waals surface area contributed by atoms with Crippen LogP contribution in [0.2, 0.25) is 0 Å². The van der Waals surface area contributed by atoms with E-state index in [4.69, 9.17) is 4.74 Å². The smallest absolute Gasteiger partial charge is 0.319 e. The van der Waals surface area contributed by atoms with E-state index in [1.807, 2.05) is 24.3 Å². The average molecular weight is 352 g/mol. The summed E-state index contributed by atoms with van der Waals surface area (Å²) in [7, 11) is 1.47. The summed E-state index contributed by atoms with van der Waals surface area (Å²) in [4.78, 5) is 32.1. The van der Waals surface area contributed by atoms with Crippen LogP contribution in [0.25, 0.3) is 10.9 Å². The molecule has 6 rings (SSSR count). The van der Waals surface area contributed by atoms with Crippen LogP contribution in [0.4, 0.5) is 0 Å². The Balaban J connectivity index is 1.81. The standard InChI is InChI=1S/C21H24N2O3/c1-3-12-8-17-21(20(25)26-2)9-13(12)10-23(17)11-16(24)18-14-6-4-5-7-15(14)22-19(18)21/h4-7,12-13,17,22H,3,8-11H2,1-2H3/t12-,13-,17+,21+/m1/s1. The van der Waals surface area contributed by atoms with Crippen molar-refractivity contribution in [2.24, 2.45) is 11.8 Å². The van der Waals surface area contributed by atoms with Gasteiger partial charge in [0.15, 0.2) is 5.78 Å². The molecular weight excluding hydrogens is 328 g/mol. The number of esters is 1. The third-order valence-corrected chi connectivity index (χ3v) is 7.11. The lowest BCUT2D eigenvalue weighted by Crippen LogP contribution is -2.66. The molecule has 3 aliphatic heterocycles. The maximum absolute atomic E-state index is 13.2. The first-order valence-corrected chi connectivity index (χ1v) is 9.57. The summed E-state index contributed by atoms with van der Waals surface area (Å²) >= 11 is 0. The summed E-state index contributed by atoms with van der Waals surface area (Å²) in [5.74, 6) is 0.961. The SMILES string of the molecule is CC[C@@H]1C[C@@H]2N3CC(=O)c4c([nH]c5ccccc45)[C@]2(C(=O)OC)C[C@@H]1C3. The van der Waals surface area contributed by atoms with Gasteiger partial charge in [-0.1, -0.05) is 31.5 Å². The van der Waals surface area contributed by atoms with Crippen LogP contribution in [0.1, 0.15) is 42.2 Å². The van der Waals surface area contributed by atoms with Gasteiger partial charge in [-0.05, 0) is 30.7 Å². The molecule has 0 radical (unpaired) electrons. The zero-order chi connectivity index (χ0) is 18.1. The van der Waals surface area contributed by atoms with Crippen molar-refractivity contribution in [3.05, 3.63) is 35.5 Å². The van der Waals surface area contributed by atoms with Gasteiger partial charge in [-0.25, -0.2) is 0 Å². The topological polar surface area (TPSA) is 62.4 Å². The van der Waals surface area contributed by atoms with Crippen LogP contribution in [0.15, 0.2) is 24.3 Å². The number of nitrogens with one attached hydrogen (secondary N) is 1. The van der Waals surface area contributed by atoms with Crippen molar-refractivity contribution in [2.45, 2.75) is 37.6 Å². The molecule has 0 amide bonds. The molecule has 26 heavy (non-hydrogen) atoms. The number of carbonyl (C=O) groups excluding carboxylic acids is 2. The Kier molecular flexibility index (Phi) is 3.35. The molecule has 5 nitrogen and oxygen atoms in total. The number of piperidine rings is 2. The fraction of sp³-hybridized carbons (Fsp3) is 0.524.